The summed E-state index contributed by atoms with van der Waals surface area (Å²) in [5.41, 5.74) is 1.61. The summed E-state index contributed by atoms with van der Waals surface area (Å²) in [6, 6.07) is 8.45. The summed E-state index contributed by atoms with van der Waals surface area (Å²) in [5.74, 6) is -2.87. The normalized spacial score (nSPS) is 14.5. The molecule has 2 N–H and O–H groups in total. The molecule has 1 aliphatic rings. The Morgan fingerprint density at radius 2 is 2.03 bits per heavy atom. The van der Waals surface area contributed by atoms with Crippen LogP contribution in [0.15, 0.2) is 53.4 Å². The van der Waals surface area contributed by atoms with Crippen molar-refractivity contribution in [1.29, 1.82) is 0 Å². The van der Waals surface area contributed by atoms with E-state index >= 15 is 0 Å². The number of halogens is 2. The fraction of sp³-hybridized carbons (Fsp3) is 0.227. The third-order valence-electron chi connectivity index (χ3n) is 5.42. The molecule has 12 heteroatoms. The molecule has 5 rings (SSSR count). The number of carboxylic acid groups (broad SMARTS) is 1. The number of carbonyl (C=O) groups is 1. The molecule has 0 radical (unpaired) electrons. The number of aliphatic carboxylic acids is 1. The highest BCUT2D eigenvalue weighted by Crippen LogP contribution is 2.27. The van der Waals surface area contributed by atoms with Crippen LogP contribution in [0.1, 0.15) is 5.56 Å². The lowest BCUT2D eigenvalue weighted by molar-refractivity contribution is -0.144. The SMILES string of the molecule is O=C(O)C(Nc1nc(-c2cc(-c3ccon3)n(Cc3ccccc3F)n2)ncc1F)C1COC1. The van der Waals surface area contributed by atoms with Crippen molar-refractivity contribution in [3.63, 3.8) is 0 Å². The average molecular weight is 468 g/mol. The van der Waals surface area contributed by atoms with Crippen LogP contribution >= 0.6 is 0 Å². The molecule has 174 valence electrons. The lowest BCUT2D eigenvalue weighted by Gasteiger charge is -2.31. The van der Waals surface area contributed by atoms with Gasteiger partial charge in [0.1, 0.15) is 29.5 Å². The van der Waals surface area contributed by atoms with Gasteiger partial charge >= 0.3 is 5.97 Å². The van der Waals surface area contributed by atoms with Crippen molar-refractivity contribution < 1.29 is 27.9 Å². The number of rotatable bonds is 8. The number of nitrogens with one attached hydrogen (secondary N) is 1. The molecule has 1 atom stereocenters. The van der Waals surface area contributed by atoms with E-state index < -0.39 is 23.6 Å². The van der Waals surface area contributed by atoms with Crippen LogP contribution in [-0.4, -0.2) is 55.2 Å². The molecular weight excluding hydrogens is 450 g/mol. The monoisotopic (exact) mass is 468 g/mol. The first-order chi connectivity index (χ1) is 16.5. The Kier molecular flexibility index (Phi) is 5.72. The number of aromatic nitrogens is 5. The number of ether oxygens (including phenoxy) is 1. The van der Waals surface area contributed by atoms with Gasteiger partial charge in [-0.2, -0.15) is 5.10 Å². The van der Waals surface area contributed by atoms with Crippen molar-refractivity contribution in [1.82, 2.24) is 24.9 Å². The molecule has 1 unspecified atom stereocenters. The second-order valence-corrected chi connectivity index (χ2v) is 7.70. The highest BCUT2D eigenvalue weighted by atomic mass is 19.1. The number of hydrogen-bond donors (Lipinski definition) is 2. The molecule has 34 heavy (non-hydrogen) atoms. The fourth-order valence-corrected chi connectivity index (χ4v) is 3.55. The van der Waals surface area contributed by atoms with Gasteiger partial charge in [0.25, 0.3) is 0 Å². The summed E-state index contributed by atoms with van der Waals surface area (Å²) in [7, 11) is 0. The highest BCUT2D eigenvalue weighted by Gasteiger charge is 2.34. The van der Waals surface area contributed by atoms with Crippen LogP contribution in [0.2, 0.25) is 0 Å². The van der Waals surface area contributed by atoms with Crippen LogP contribution in [-0.2, 0) is 16.1 Å². The van der Waals surface area contributed by atoms with Crippen molar-refractivity contribution in [2.75, 3.05) is 18.5 Å². The molecule has 1 aromatic carbocycles. The van der Waals surface area contributed by atoms with Crippen LogP contribution < -0.4 is 5.32 Å². The van der Waals surface area contributed by atoms with E-state index in [0.717, 1.165) is 6.20 Å². The zero-order chi connectivity index (χ0) is 23.7. The van der Waals surface area contributed by atoms with E-state index in [2.05, 4.69) is 25.5 Å². The van der Waals surface area contributed by atoms with Gasteiger partial charge in [0.2, 0.25) is 0 Å². The predicted octanol–water partition coefficient (Wildman–Crippen LogP) is 2.83. The van der Waals surface area contributed by atoms with Crippen molar-refractivity contribution in [3.8, 4) is 22.9 Å². The molecular formula is C22H18F2N6O4. The van der Waals surface area contributed by atoms with Gasteiger partial charge in [-0.1, -0.05) is 23.4 Å². The quantitative estimate of drug-likeness (QED) is 0.401. The van der Waals surface area contributed by atoms with Gasteiger partial charge in [0.15, 0.2) is 17.5 Å². The maximum absolute atomic E-state index is 14.4. The number of nitrogens with zero attached hydrogens (tertiary/aromatic N) is 5. The Bertz CT molecular complexity index is 1320. The van der Waals surface area contributed by atoms with E-state index in [1.807, 2.05) is 0 Å². The number of benzene rings is 1. The van der Waals surface area contributed by atoms with E-state index in [0.29, 0.717) is 17.0 Å². The summed E-state index contributed by atoms with van der Waals surface area (Å²) in [6.45, 7) is 0.597. The highest BCUT2D eigenvalue weighted by molar-refractivity contribution is 5.77. The zero-order valence-corrected chi connectivity index (χ0v) is 17.6. The first-order valence-corrected chi connectivity index (χ1v) is 10.3. The average Bonchev–Trinajstić information content (AvgIpc) is 3.45. The van der Waals surface area contributed by atoms with Crippen molar-refractivity contribution in [2.45, 2.75) is 12.6 Å². The summed E-state index contributed by atoms with van der Waals surface area (Å²) in [5, 5.41) is 20.5. The molecule has 1 saturated heterocycles. The minimum absolute atomic E-state index is 0.0509. The van der Waals surface area contributed by atoms with Gasteiger partial charge in [-0.3, -0.25) is 4.68 Å². The molecule has 4 aromatic rings. The molecule has 10 nitrogen and oxygen atoms in total. The maximum atomic E-state index is 14.4. The van der Waals surface area contributed by atoms with Gasteiger partial charge in [0.05, 0.1) is 31.6 Å². The Hall–Kier alpha value is -4.19. The summed E-state index contributed by atoms with van der Waals surface area (Å²) >= 11 is 0. The topological polar surface area (TPSA) is 128 Å². The lowest BCUT2D eigenvalue weighted by Crippen LogP contribution is -2.47. The molecule has 1 fully saturated rings. The summed E-state index contributed by atoms with van der Waals surface area (Å²) in [4.78, 5) is 19.8. The Labute approximate surface area is 191 Å². The van der Waals surface area contributed by atoms with Crippen LogP contribution in [0.3, 0.4) is 0 Å². The lowest BCUT2D eigenvalue weighted by atomic mass is 9.98. The molecule has 0 bridgehead atoms. The van der Waals surface area contributed by atoms with Crippen molar-refractivity contribution in [2.24, 2.45) is 5.92 Å². The minimum atomic E-state index is -1.14. The largest absolute Gasteiger partial charge is 0.480 e. The Balaban J connectivity index is 1.50. The standard InChI is InChI=1S/C22H18F2N6O4/c23-14-4-2-1-3-12(14)9-30-18(16-5-6-34-29-16)7-17(28-30)21-25-8-15(24)20(27-21)26-19(22(31)32)13-10-33-11-13/h1-8,13,19H,9-11H2,(H,31,32)(H,25,26,27). The van der Waals surface area contributed by atoms with Gasteiger partial charge in [-0.05, 0) is 12.1 Å². The van der Waals surface area contributed by atoms with Gasteiger partial charge < -0.3 is 19.7 Å². The van der Waals surface area contributed by atoms with Crippen LogP contribution in [0.5, 0.6) is 0 Å². The predicted molar refractivity (Wildman–Crippen MR) is 114 cm³/mol. The molecule has 3 aromatic heterocycles. The Morgan fingerprint density at radius 1 is 1.21 bits per heavy atom. The molecule has 4 heterocycles. The third-order valence-corrected chi connectivity index (χ3v) is 5.42. The van der Waals surface area contributed by atoms with Gasteiger partial charge in [-0.25, -0.2) is 23.5 Å². The second-order valence-electron chi connectivity index (χ2n) is 7.70. The number of carboxylic acids is 1. The first-order valence-electron chi connectivity index (χ1n) is 10.3. The molecule has 0 aliphatic carbocycles. The van der Waals surface area contributed by atoms with Crippen LogP contribution in [0.4, 0.5) is 14.6 Å². The molecule has 0 spiro atoms. The third kappa shape index (κ3) is 4.22. The van der Waals surface area contributed by atoms with E-state index in [-0.39, 0.29) is 43.0 Å². The smallest absolute Gasteiger partial charge is 0.326 e. The fourth-order valence-electron chi connectivity index (χ4n) is 3.55. The van der Waals surface area contributed by atoms with E-state index in [9.17, 15) is 18.7 Å². The summed E-state index contributed by atoms with van der Waals surface area (Å²) < 4.78 is 40.2. The van der Waals surface area contributed by atoms with E-state index in [1.54, 1.807) is 30.3 Å². The molecule has 0 saturated carbocycles. The zero-order valence-electron chi connectivity index (χ0n) is 17.6. The van der Waals surface area contributed by atoms with Crippen molar-refractivity contribution >= 4 is 11.8 Å². The first kappa shape index (κ1) is 21.6. The number of hydrogen-bond acceptors (Lipinski definition) is 8. The van der Waals surface area contributed by atoms with Crippen LogP contribution in [0.25, 0.3) is 22.9 Å². The number of anilines is 1. The molecule has 0 amide bonds. The Morgan fingerprint density at radius 3 is 2.71 bits per heavy atom. The van der Waals surface area contributed by atoms with Crippen LogP contribution in [0, 0.1) is 17.6 Å². The minimum Gasteiger partial charge on any atom is -0.480 e. The second kappa shape index (κ2) is 8.98. The van der Waals surface area contributed by atoms with Gasteiger partial charge in [-0.15, -0.1) is 0 Å². The maximum Gasteiger partial charge on any atom is 0.326 e. The van der Waals surface area contributed by atoms with Crippen molar-refractivity contribution in [3.05, 3.63) is 66.1 Å². The summed E-state index contributed by atoms with van der Waals surface area (Å²) in [6.07, 6.45) is 2.33. The van der Waals surface area contributed by atoms with E-state index in [1.165, 1.54) is 17.0 Å². The van der Waals surface area contributed by atoms with E-state index in [4.69, 9.17) is 9.26 Å². The molecule has 1 aliphatic heterocycles. The van der Waals surface area contributed by atoms with Gasteiger partial charge in [0, 0.05) is 17.5 Å².